The summed E-state index contributed by atoms with van der Waals surface area (Å²) in [6.45, 7) is 1.15. The van der Waals surface area contributed by atoms with E-state index < -0.39 is 0 Å². The Balaban J connectivity index is 1.57. The Hall–Kier alpha value is -2.95. The summed E-state index contributed by atoms with van der Waals surface area (Å²) in [6, 6.07) is 11.5. The zero-order valence-corrected chi connectivity index (χ0v) is 14.4. The second-order valence-electron chi connectivity index (χ2n) is 5.71. The Morgan fingerprint density at radius 1 is 1.16 bits per heavy atom. The first-order valence-electron chi connectivity index (χ1n) is 8.12. The van der Waals surface area contributed by atoms with E-state index in [2.05, 4.69) is 11.4 Å². The van der Waals surface area contributed by atoms with E-state index in [0.29, 0.717) is 18.0 Å². The molecular formula is C20H21NO4. The topological polar surface area (TPSA) is 56.8 Å². The molecule has 0 spiro atoms. The molecule has 2 aromatic rings. The maximum atomic E-state index is 12.0. The van der Waals surface area contributed by atoms with Gasteiger partial charge in [0, 0.05) is 19.0 Å². The van der Waals surface area contributed by atoms with E-state index in [-0.39, 0.29) is 5.91 Å². The fourth-order valence-electron chi connectivity index (χ4n) is 2.72. The van der Waals surface area contributed by atoms with Gasteiger partial charge in [-0.15, -0.1) is 0 Å². The molecule has 0 aliphatic carbocycles. The van der Waals surface area contributed by atoms with Crippen LogP contribution in [0.1, 0.15) is 16.7 Å². The van der Waals surface area contributed by atoms with E-state index in [1.807, 2.05) is 36.4 Å². The second-order valence-corrected chi connectivity index (χ2v) is 5.71. The first-order valence-corrected chi connectivity index (χ1v) is 8.12. The highest BCUT2D eigenvalue weighted by Crippen LogP contribution is 2.27. The smallest absolute Gasteiger partial charge is 0.244 e. The Morgan fingerprint density at radius 2 is 2.00 bits per heavy atom. The van der Waals surface area contributed by atoms with E-state index in [0.717, 1.165) is 29.9 Å². The normalized spacial score (nSPS) is 12.6. The van der Waals surface area contributed by atoms with Gasteiger partial charge in [0.25, 0.3) is 0 Å². The van der Waals surface area contributed by atoms with Crippen LogP contribution in [0.25, 0.3) is 6.08 Å². The molecule has 0 saturated heterocycles. The van der Waals surface area contributed by atoms with Gasteiger partial charge in [-0.2, -0.15) is 0 Å². The molecular weight excluding hydrogens is 318 g/mol. The molecule has 0 unspecified atom stereocenters. The van der Waals surface area contributed by atoms with E-state index >= 15 is 0 Å². The zero-order chi connectivity index (χ0) is 17.6. The largest absolute Gasteiger partial charge is 0.493 e. The third-order valence-electron chi connectivity index (χ3n) is 4.06. The number of amides is 1. The van der Waals surface area contributed by atoms with Gasteiger partial charge in [0.05, 0.1) is 20.8 Å². The summed E-state index contributed by atoms with van der Waals surface area (Å²) in [4.78, 5) is 12.0. The molecule has 130 valence electrons. The Bertz CT molecular complexity index is 798. The van der Waals surface area contributed by atoms with E-state index in [9.17, 15) is 4.79 Å². The Labute approximate surface area is 147 Å². The van der Waals surface area contributed by atoms with Crippen molar-refractivity contribution < 1.29 is 19.0 Å². The maximum Gasteiger partial charge on any atom is 0.244 e. The van der Waals surface area contributed by atoms with E-state index in [1.54, 1.807) is 14.2 Å². The lowest BCUT2D eigenvalue weighted by Crippen LogP contribution is -2.20. The van der Waals surface area contributed by atoms with Crippen LogP contribution in [-0.2, 0) is 17.8 Å². The molecule has 1 aliphatic heterocycles. The molecule has 0 aromatic heterocycles. The Morgan fingerprint density at radius 3 is 2.80 bits per heavy atom. The average Bonchev–Trinajstić information content (AvgIpc) is 3.12. The molecule has 1 heterocycles. The summed E-state index contributed by atoms with van der Waals surface area (Å²) in [5.41, 5.74) is 3.12. The molecule has 0 bridgehead atoms. The van der Waals surface area contributed by atoms with Crippen molar-refractivity contribution in [3.8, 4) is 17.2 Å². The second kappa shape index (κ2) is 7.75. The van der Waals surface area contributed by atoms with Crippen molar-refractivity contribution in [3.63, 3.8) is 0 Å². The van der Waals surface area contributed by atoms with Gasteiger partial charge in [0.2, 0.25) is 5.91 Å². The van der Waals surface area contributed by atoms with Gasteiger partial charge in [-0.05, 0) is 47.0 Å². The highest BCUT2D eigenvalue weighted by molar-refractivity contribution is 5.91. The van der Waals surface area contributed by atoms with Gasteiger partial charge in [0.1, 0.15) is 5.75 Å². The lowest BCUT2D eigenvalue weighted by molar-refractivity contribution is -0.116. The van der Waals surface area contributed by atoms with Gasteiger partial charge in [0.15, 0.2) is 11.5 Å². The van der Waals surface area contributed by atoms with Crippen LogP contribution in [0.5, 0.6) is 17.2 Å². The third-order valence-corrected chi connectivity index (χ3v) is 4.06. The van der Waals surface area contributed by atoms with Gasteiger partial charge in [-0.1, -0.05) is 12.1 Å². The molecule has 0 atom stereocenters. The van der Waals surface area contributed by atoms with Gasteiger partial charge in [-0.25, -0.2) is 0 Å². The molecule has 2 aromatic carbocycles. The summed E-state index contributed by atoms with van der Waals surface area (Å²) in [5.74, 6) is 2.10. The number of fused-ring (bicyclic) bond motifs is 1. The van der Waals surface area contributed by atoms with Crippen molar-refractivity contribution in [2.75, 3.05) is 20.8 Å². The number of ether oxygens (including phenoxy) is 3. The van der Waals surface area contributed by atoms with Crippen molar-refractivity contribution >= 4 is 12.0 Å². The molecule has 1 amide bonds. The summed E-state index contributed by atoms with van der Waals surface area (Å²) in [7, 11) is 3.18. The highest BCUT2D eigenvalue weighted by Gasteiger charge is 2.11. The molecule has 25 heavy (non-hydrogen) atoms. The van der Waals surface area contributed by atoms with Crippen LogP contribution in [0.3, 0.4) is 0 Å². The number of methoxy groups -OCH3 is 2. The maximum absolute atomic E-state index is 12.0. The Kier molecular flexibility index (Phi) is 5.23. The molecule has 5 nitrogen and oxygen atoms in total. The van der Waals surface area contributed by atoms with Crippen molar-refractivity contribution in [2.45, 2.75) is 13.0 Å². The molecule has 0 fully saturated rings. The molecule has 3 rings (SSSR count). The number of hydrogen-bond donors (Lipinski definition) is 1. The molecule has 1 N–H and O–H groups in total. The number of hydrogen-bond acceptors (Lipinski definition) is 4. The van der Waals surface area contributed by atoms with Gasteiger partial charge >= 0.3 is 0 Å². The van der Waals surface area contributed by atoms with Crippen LogP contribution >= 0.6 is 0 Å². The number of carbonyl (C=O) groups is 1. The van der Waals surface area contributed by atoms with Crippen LogP contribution < -0.4 is 19.5 Å². The minimum absolute atomic E-state index is 0.147. The van der Waals surface area contributed by atoms with Crippen molar-refractivity contribution in [3.05, 3.63) is 59.2 Å². The summed E-state index contributed by atoms with van der Waals surface area (Å²) in [6.07, 6.45) is 4.27. The van der Waals surface area contributed by atoms with Crippen molar-refractivity contribution in [1.29, 1.82) is 0 Å². The van der Waals surface area contributed by atoms with Crippen molar-refractivity contribution in [1.82, 2.24) is 5.32 Å². The van der Waals surface area contributed by atoms with Crippen molar-refractivity contribution in [2.24, 2.45) is 0 Å². The fraction of sp³-hybridized carbons (Fsp3) is 0.250. The van der Waals surface area contributed by atoms with Crippen LogP contribution in [0.2, 0.25) is 0 Å². The molecule has 1 aliphatic rings. The van der Waals surface area contributed by atoms with E-state index in [1.165, 1.54) is 11.6 Å². The lowest BCUT2D eigenvalue weighted by atomic mass is 10.1. The lowest BCUT2D eigenvalue weighted by Gasteiger charge is -2.09. The molecule has 0 saturated carbocycles. The average molecular weight is 339 g/mol. The summed E-state index contributed by atoms with van der Waals surface area (Å²) in [5, 5.41) is 2.86. The zero-order valence-electron chi connectivity index (χ0n) is 14.4. The SMILES string of the molecule is COc1ccc(CNC(=O)/C=C/c2ccc3c(c2)CCO3)cc1OC. The van der Waals surface area contributed by atoms with Gasteiger partial charge in [-0.3, -0.25) is 4.79 Å². The minimum atomic E-state index is -0.147. The summed E-state index contributed by atoms with van der Waals surface area (Å²) >= 11 is 0. The number of carbonyl (C=O) groups excluding carboxylic acids is 1. The minimum Gasteiger partial charge on any atom is -0.493 e. The van der Waals surface area contributed by atoms with Crippen LogP contribution in [-0.4, -0.2) is 26.7 Å². The quantitative estimate of drug-likeness (QED) is 0.822. The predicted molar refractivity (Wildman–Crippen MR) is 96.1 cm³/mol. The summed E-state index contributed by atoms with van der Waals surface area (Å²) < 4.78 is 15.9. The van der Waals surface area contributed by atoms with Crippen LogP contribution in [0.15, 0.2) is 42.5 Å². The van der Waals surface area contributed by atoms with Crippen LogP contribution in [0.4, 0.5) is 0 Å². The van der Waals surface area contributed by atoms with Gasteiger partial charge < -0.3 is 19.5 Å². The predicted octanol–water partition coefficient (Wildman–Crippen LogP) is 2.97. The van der Waals surface area contributed by atoms with Crippen LogP contribution in [0, 0.1) is 0 Å². The number of nitrogens with one attached hydrogen (secondary N) is 1. The first kappa shape index (κ1) is 16.9. The number of rotatable bonds is 6. The third kappa shape index (κ3) is 4.12. The van der Waals surface area contributed by atoms with E-state index in [4.69, 9.17) is 14.2 Å². The standard InChI is InChI=1S/C20H21NO4/c1-23-18-7-4-15(12-19(18)24-2)13-21-20(22)8-5-14-3-6-17-16(11-14)9-10-25-17/h3-8,11-12H,9-10,13H2,1-2H3,(H,21,22)/b8-5+. The first-order chi connectivity index (χ1) is 12.2. The monoisotopic (exact) mass is 339 g/mol. The molecule has 0 radical (unpaired) electrons. The highest BCUT2D eigenvalue weighted by atomic mass is 16.5. The fourth-order valence-corrected chi connectivity index (χ4v) is 2.72. The molecule has 5 heteroatoms. The number of benzene rings is 2.